The van der Waals surface area contributed by atoms with Gasteiger partial charge < -0.3 is 20.4 Å². The van der Waals surface area contributed by atoms with Gasteiger partial charge in [-0.1, -0.05) is 18.2 Å². The topological polar surface area (TPSA) is 55.8 Å². The Kier molecular flexibility index (Phi) is 9.48. The number of aliphatic imine (C=N–C) groups is 1. The molecule has 1 atom stereocenters. The summed E-state index contributed by atoms with van der Waals surface area (Å²) in [6.45, 7) is 5.47. The first-order valence-corrected chi connectivity index (χ1v) is 10.5. The molecule has 0 saturated carbocycles. The van der Waals surface area contributed by atoms with Crippen LogP contribution in [0.5, 0.6) is 0 Å². The zero-order chi connectivity index (χ0) is 19.9. The van der Waals surface area contributed by atoms with Crippen LogP contribution in [0, 0.1) is 0 Å². The van der Waals surface area contributed by atoms with E-state index < -0.39 is 0 Å². The van der Waals surface area contributed by atoms with Crippen LogP contribution in [0.2, 0.25) is 0 Å². The molecule has 0 amide bonds. The standard InChI is InChI=1S/C21H29BrN6.HI/c1-4-23-21(24-14-16-8-7-11-20(25-16)27(2)3)26-17-12-13-28(15-17)19-10-6-5-9-18(19)22;/h5-11,17H,4,12-15H2,1-3H3,(H2,23,24,26);1H. The van der Waals surface area contributed by atoms with Crippen LogP contribution in [-0.2, 0) is 6.54 Å². The number of nitrogens with one attached hydrogen (secondary N) is 2. The lowest BCUT2D eigenvalue weighted by molar-refractivity contribution is 0.648. The minimum Gasteiger partial charge on any atom is -0.368 e. The van der Waals surface area contributed by atoms with Crippen LogP contribution in [-0.4, -0.2) is 50.7 Å². The molecule has 1 fully saturated rings. The average Bonchev–Trinajstić information content (AvgIpc) is 3.15. The molecule has 2 heterocycles. The third-order valence-corrected chi connectivity index (χ3v) is 5.39. The van der Waals surface area contributed by atoms with Gasteiger partial charge in [0.05, 0.1) is 17.9 Å². The maximum absolute atomic E-state index is 4.75. The van der Waals surface area contributed by atoms with Crippen molar-refractivity contribution < 1.29 is 0 Å². The summed E-state index contributed by atoms with van der Waals surface area (Å²) in [6.07, 6.45) is 1.08. The lowest BCUT2D eigenvalue weighted by Crippen LogP contribution is -2.44. The van der Waals surface area contributed by atoms with Crippen molar-refractivity contribution in [1.82, 2.24) is 15.6 Å². The number of para-hydroxylation sites is 1. The van der Waals surface area contributed by atoms with Gasteiger partial charge in [-0.05, 0) is 53.5 Å². The molecule has 6 nitrogen and oxygen atoms in total. The molecule has 1 aliphatic rings. The third-order valence-electron chi connectivity index (χ3n) is 4.72. The molecule has 1 saturated heterocycles. The predicted molar refractivity (Wildman–Crippen MR) is 137 cm³/mol. The molecule has 1 unspecified atom stereocenters. The Labute approximate surface area is 199 Å². The van der Waals surface area contributed by atoms with Crippen molar-refractivity contribution in [2.45, 2.75) is 25.9 Å². The smallest absolute Gasteiger partial charge is 0.191 e. The van der Waals surface area contributed by atoms with Crippen LogP contribution in [0.25, 0.3) is 0 Å². The quantitative estimate of drug-likeness (QED) is 0.313. The van der Waals surface area contributed by atoms with Crippen molar-refractivity contribution in [2.75, 3.05) is 43.5 Å². The molecule has 1 aromatic carbocycles. The number of hydrogen-bond donors (Lipinski definition) is 2. The fourth-order valence-corrected chi connectivity index (χ4v) is 3.82. The minimum absolute atomic E-state index is 0. The number of anilines is 2. The Hall–Kier alpha value is -1.55. The molecule has 1 aromatic heterocycles. The second-order valence-electron chi connectivity index (χ2n) is 7.10. The van der Waals surface area contributed by atoms with E-state index in [0.717, 1.165) is 48.0 Å². The first-order valence-electron chi connectivity index (χ1n) is 9.74. The van der Waals surface area contributed by atoms with Gasteiger partial charge in [-0.3, -0.25) is 0 Å². The van der Waals surface area contributed by atoms with E-state index >= 15 is 0 Å². The molecule has 0 aliphatic carbocycles. The molecule has 3 rings (SSSR count). The third kappa shape index (κ3) is 6.74. The van der Waals surface area contributed by atoms with Crippen molar-refractivity contribution in [1.29, 1.82) is 0 Å². The van der Waals surface area contributed by atoms with E-state index in [2.05, 4.69) is 67.6 Å². The van der Waals surface area contributed by atoms with Crippen molar-refractivity contribution in [3.8, 4) is 0 Å². The van der Waals surface area contributed by atoms with Crippen molar-refractivity contribution in [3.05, 3.63) is 52.6 Å². The fraction of sp³-hybridized carbons (Fsp3) is 0.429. The van der Waals surface area contributed by atoms with Gasteiger partial charge in [0.25, 0.3) is 0 Å². The zero-order valence-corrected chi connectivity index (χ0v) is 21.1. The normalized spacial score (nSPS) is 16.3. The fourth-order valence-electron chi connectivity index (χ4n) is 3.28. The summed E-state index contributed by atoms with van der Waals surface area (Å²) in [6, 6.07) is 14.8. The molecule has 8 heteroatoms. The van der Waals surface area contributed by atoms with Crippen molar-refractivity contribution >= 4 is 57.4 Å². The number of guanidine groups is 1. The summed E-state index contributed by atoms with van der Waals surface area (Å²) in [5.74, 6) is 1.80. The van der Waals surface area contributed by atoms with E-state index in [1.54, 1.807) is 0 Å². The zero-order valence-electron chi connectivity index (χ0n) is 17.2. The Balaban J connectivity index is 0.00000300. The second-order valence-corrected chi connectivity index (χ2v) is 7.96. The van der Waals surface area contributed by atoms with Gasteiger partial charge in [0.2, 0.25) is 0 Å². The highest BCUT2D eigenvalue weighted by molar-refractivity contribution is 14.0. The maximum Gasteiger partial charge on any atom is 0.191 e. The van der Waals surface area contributed by atoms with Crippen molar-refractivity contribution in [3.63, 3.8) is 0 Å². The van der Waals surface area contributed by atoms with Gasteiger partial charge in [-0.15, -0.1) is 24.0 Å². The van der Waals surface area contributed by atoms with Crippen LogP contribution in [0.1, 0.15) is 19.0 Å². The van der Waals surface area contributed by atoms with E-state index in [1.165, 1.54) is 5.69 Å². The molecule has 2 aromatic rings. The van der Waals surface area contributed by atoms with Gasteiger partial charge in [0.15, 0.2) is 5.96 Å². The monoisotopic (exact) mass is 572 g/mol. The van der Waals surface area contributed by atoms with E-state index in [-0.39, 0.29) is 24.0 Å². The summed E-state index contributed by atoms with van der Waals surface area (Å²) in [5, 5.41) is 6.94. The Morgan fingerprint density at radius 1 is 1.24 bits per heavy atom. The summed E-state index contributed by atoms with van der Waals surface area (Å²) < 4.78 is 1.14. The molecule has 1 aliphatic heterocycles. The number of pyridine rings is 1. The molecule has 0 radical (unpaired) electrons. The largest absolute Gasteiger partial charge is 0.368 e. The maximum atomic E-state index is 4.75. The molecule has 2 N–H and O–H groups in total. The van der Waals surface area contributed by atoms with Gasteiger partial charge >= 0.3 is 0 Å². The second kappa shape index (κ2) is 11.6. The highest BCUT2D eigenvalue weighted by Crippen LogP contribution is 2.28. The highest BCUT2D eigenvalue weighted by Gasteiger charge is 2.24. The lowest BCUT2D eigenvalue weighted by Gasteiger charge is -2.21. The predicted octanol–water partition coefficient (Wildman–Crippen LogP) is 3.86. The van der Waals surface area contributed by atoms with Gasteiger partial charge in [-0.25, -0.2) is 9.98 Å². The van der Waals surface area contributed by atoms with E-state index in [0.29, 0.717) is 12.6 Å². The number of hydrogen-bond acceptors (Lipinski definition) is 4. The number of rotatable bonds is 6. The first-order chi connectivity index (χ1) is 13.6. The van der Waals surface area contributed by atoms with Crippen LogP contribution in [0.3, 0.4) is 0 Å². The minimum atomic E-state index is 0. The molecular formula is C21H30BrIN6. The van der Waals surface area contributed by atoms with Crippen LogP contribution in [0.15, 0.2) is 51.9 Å². The highest BCUT2D eigenvalue weighted by atomic mass is 127. The van der Waals surface area contributed by atoms with Crippen LogP contribution < -0.4 is 20.4 Å². The lowest BCUT2D eigenvalue weighted by atomic mass is 10.2. The van der Waals surface area contributed by atoms with Gasteiger partial charge in [0, 0.05) is 44.2 Å². The number of nitrogens with zero attached hydrogens (tertiary/aromatic N) is 4. The molecule has 0 spiro atoms. The SMILES string of the molecule is CCNC(=NCc1cccc(N(C)C)n1)NC1CCN(c2ccccc2Br)C1.I. The Morgan fingerprint density at radius 2 is 2.03 bits per heavy atom. The van der Waals surface area contributed by atoms with Crippen molar-refractivity contribution in [2.24, 2.45) is 4.99 Å². The molecular weight excluding hydrogens is 543 g/mol. The number of benzene rings is 1. The van der Waals surface area contributed by atoms with Crippen LogP contribution >= 0.6 is 39.9 Å². The summed E-state index contributed by atoms with van der Waals surface area (Å²) in [7, 11) is 4.00. The average molecular weight is 573 g/mol. The summed E-state index contributed by atoms with van der Waals surface area (Å²) in [4.78, 5) is 13.8. The van der Waals surface area contributed by atoms with E-state index in [1.807, 2.05) is 37.2 Å². The van der Waals surface area contributed by atoms with E-state index in [4.69, 9.17) is 4.99 Å². The van der Waals surface area contributed by atoms with Gasteiger partial charge in [0.1, 0.15) is 5.82 Å². The molecule has 29 heavy (non-hydrogen) atoms. The Bertz CT molecular complexity index is 813. The summed E-state index contributed by atoms with van der Waals surface area (Å²) in [5.41, 5.74) is 2.21. The first kappa shape index (κ1) is 23.7. The van der Waals surface area contributed by atoms with E-state index in [9.17, 15) is 0 Å². The molecule has 158 valence electrons. The number of halogens is 2. The number of aromatic nitrogens is 1. The van der Waals surface area contributed by atoms with Gasteiger partial charge in [-0.2, -0.15) is 0 Å². The summed E-state index contributed by atoms with van der Waals surface area (Å²) >= 11 is 3.66. The van der Waals surface area contributed by atoms with Crippen LogP contribution in [0.4, 0.5) is 11.5 Å². The molecule has 0 bridgehead atoms. The Morgan fingerprint density at radius 3 is 2.76 bits per heavy atom.